The zero-order chi connectivity index (χ0) is 9.10. The predicted molar refractivity (Wildman–Crippen MR) is 63.8 cm³/mol. The monoisotopic (exact) mass is 253 g/mol. The second kappa shape index (κ2) is 6.82. The van der Waals surface area contributed by atoms with Gasteiger partial charge >= 0.3 is 0 Å². The predicted octanol–water partition coefficient (Wildman–Crippen LogP) is 1.47. The number of nitrogens with zero attached hydrogens (tertiary/aromatic N) is 2. The van der Waals surface area contributed by atoms with Gasteiger partial charge in [-0.3, -0.25) is 4.98 Å². The van der Waals surface area contributed by atoms with E-state index in [-0.39, 0.29) is 30.6 Å². The van der Waals surface area contributed by atoms with Crippen molar-refractivity contribution in [3.63, 3.8) is 0 Å². The van der Waals surface area contributed by atoms with E-state index in [1.54, 1.807) is 6.20 Å². The van der Waals surface area contributed by atoms with Gasteiger partial charge in [0.1, 0.15) is 5.82 Å². The van der Waals surface area contributed by atoms with Crippen LogP contribution in [0, 0.1) is 5.82 Å². The molecule has 2 rings (SSSR count). The van der Waals surface area contributed by atoms with Crippen LogP contribution in [0.25, 0.3) is 0 Å². The lowest BCUT2D eigenvalue weighted by Gasteiger charge is -2.29. The molecule has 6 heteroatoms. The first-order chi connectivity index (χ1) is 6.38. The number of halogens is 3. The van der Waals surface area contributed by atoms with Gasteiger partial charge in [0.15, 0.2) is 0 Å². The first kappa shape index (κ1) is 14.4. The maximum atomic E-state index is 13.3. The minimum Gasteiger partial charge on any atom is -0.365 e. The largest absolute Gasteiger partial charge is 0.365 e. The molecule has 86 valence electrons. The van der Waals surface area contributed by atoms with Gasteiger partial charge in [0.05, 0.1) is 11.9 Å². The van der Waals surface area contributed by atoms with Crippen LogP contribution in [0.1, 0.15) is 0 Å². The number of pyridine rings is 1. The number of anilines is 1. The third kappa shape index (κ3) is 3.48. The van der Waals surface area contributed by atoms with Crippen LogP contribution in [-0.4, -0.2) is 31.2 Å². The van der Waals surface area contributed by atoms with Crippen molar-refractivity contribution in [1.82, 2.24) is 10.3 Å². The van der Waals surface area contributed by atoms with Gasteiger partial charge < -0.3 is 10.2 Å². The second-order valence-corrected chi connectivity index (χ2v) is 3.06. The number of nitrogens with one attached hydrogen (secondary N) is 1. The number of hydrogen-bond acceptors (Lipinski definition) is 3. The van der Waals surface area contributed by atoms with Gasteiger partial charge in [0.2, 0.25) is 0 Å². The lowest BCUT2D eigenvalue weighted by molar-refractivity contribution is 0.565. The van der Waals surface area contributed by atoms with E-state index in [9.17, 15) is 4.39 Å². The Labute approximate surface area is 101 Å². The van der Waals surface area contributed by atoms with E-state index >= 15 is 0 Å². The molecule has 1 N–H and O–H groups in total. The molecule has 0 radical (unpaired) electrons. The summed E-state index contributed by atoms with van der Waals surface area (Å²) < 4.78 is 13.3. The average Bonchev–Trinajstić information content (AvgIpc) is 2.20. The quantitative estimate of drug-likeness (QED) is 0.822. The fourth-order valence-corrected chi connectivity index (χ4v) is 1.51. The van der Waals surface area contributed by atoms with Crippen LogP contribution in [0.3, 0.4) is 0 Å². The molecule has 1 aromatic rings. The molecule has 0 atom stereocenters. The molecular formula is C9H14Cl2FN3. The van der Waals surface area contributed by atoms with Crippen molar-refractivity contribution in [2.24, 2.45) is 0 Å². The molecule has 1 aromatic heterocycles. The molecular weight excluding hydrogens is 240 g/mol. The molecule has 0 aromatic carbocycles. The summed E-state index contributed by atoms with van der Waals surface area (Å²) in [5.41, 5.74) is 0.615. The van der Waals surface area contributed by atoms with Crippen LogP contribution in [0.15, 0.2) is 18.5 Å². The number of piperazine rings is 1. The van der Waals surface area contributed by atoms with Crippen molar-refractivity contribution in [2.45, 2.75) is 0 Å². The van der Waals surface area contributed by atoms with Crippen molar-refractivity contribution in [1.29, 1.82) is 0 Å². The maximum Gasteiger partial charge on any atom is 0.149 e. The Bertz CT molecular complexity index is 292. The number of aromatic nitrogens is 1. The van der Waals surface area contributed by atoms with Crippen LogP contribution in [0.4, 0.5) is 10.1 Å². The number of hydrogen-bond donors (Lipinski definition) is 1. The van der Waals surface area contributed by atoms with E-state index in [0.29, 0.717) is 5.69 Å². The highest BCUT2D eigenvalue weighted by atomic mass is 35.5. The summed E-state index contributed by atoms with van der Waals surface area (Å²) in [6, 6.07) is 1.40. The molecule has 1 fully saturated rings. The first-order valence-corrected chi connectivity index (χ1v) is 4.43. The summed E-state index contributed by atoms with van der Waals surface area (Å²) in [6.07, 6.45) is 3.06. The molecule has 15 heavy (non-hydrogen) atoms. The summed E-state index contributed by atoms with van der Waals surface area (Å²) in [6.45, 7) is 3.52. The van der Waals surface area contributed by atoms with Gasteiger partial charge in [-0.2, -0.15) is 0 Å². The normalized spacial score (nSPS) is 15.1. The minimum atomic E-state index is -0.183. The van der Waals surface area contributed by atoms with Crippen molar-refractivity contribution in [2.75, 3.05) is 31.1 Å². The van der Waals surface area contributed by atoms with Gasteiger partial charge in [0, 0.05) is 32.4 Å². The topological polar surface area (TPSA) is 28.2 Å². The van der Waals surface area contributed by atoms with E-state index in [1.165, 1.54) is 12.3 Å². The average molecular weight is 254 g/mol. The van der Waals surface area contributed by atoms with E-state index in [0.717, 1.165) is 26.2 Å². The van der Waals surface area contributed by atoms with Gasteiger partial charge in [-0.1, -0.05) is 0 Å². The fourth-order valence-electron chi connectivity index (χ4n) is 1.51. The lowest BCUT2D eigenvalue weighted by Crippen LogP contribution is -2.43. The molecule has 1 saturated heterocycles. The molecule has 3 nitrogen and oxygen atoms in total. The molecule has 2 heterocycles. The van der Waals surface area contributed by atoms with Crippen LogP contribution in [0.5, 0.6) is 0 Å². The van der Waals surface area contributed by atoms with Crippen molar-refractivity contribution < 1.29 is 4.39 Å². The molecule has 0 aliphatic carbocycles. The van der Waals surface area contributed by atoms with Crippen LogP contribution < -0.4 is 10.2 Å². The van der Waals surface area contributed by atoms with Crippen molar-refractivity contribution >= 4 is 30.5 Å². The summed E-state index contributed by atoms with van der Waals surface area (Å²) in [5.74, 6) is -0.183. The van der Waals surface area contributed by atoms with Crippen LogP contribution in [-0.2, 0) is 0 Å². The third-order valence-electron chi connectivity index (χ3n) is 2.21. The standard InChI is InChI=1S/C9H12FN3.2ClH/c10-8-1-2-12-7-9(8)13-5-3-11-4-6-13;;/h1-2,7,11H,3-6H2;2*1H. The Morgan fingerprint density at radius 3 is 2.53 bits per heavy atom. The Hall–Kier alpha value is -0.580. The van der Waals surface area contributed by atoms with Crippen molar-refractivity contribution in [3.8, 4) is 0 Å². The molecule has 0 unspecified atom stereocenters. The Morgan fingerprint density at radius 1 is 1.27 bits per heavy atom. The van der Waals surface area contributed by atoms with E-state index in [4.69, 9.17) is 0 Å². The summed E-state index contributed by atoms with van der Waals surface area (Å²) in [4.78, 5) is 5.93. The fraction of sp³-hybridized carbons (Fsp3) is 0.444. The zero-order valence-corrected chi connectivity index (χ0v) is 9.78. The highest BCUT2D eigenvalue weighted by Crippen LogP contribution is 2.16. The molecule has 0 spiro atoms. The Kier molecular flexibility index (Phi) is 6.56. The molecule has 0 amide bonds. The van der Waals surface area contributed by atoms with Crippen LogP contribution >= 0.6 is 24.8 Å². The summed E-state index contributed by atoms with van der Waals surface area (Å²) in [5, 5.41) is 3.22. The first-order valence-electron chi connectivity index (χ1n) is 4.43. The molecule has 1 aliphatic rings. The smallest absolute Gasteiger partial charge is 0.149 e. The molecule has 1 aliphatic heterocycles. The second-order valence-electron chi connectivity index (χ2n) is 3.06. The van der Waals surface area contributed by atoms with E-state index < -0.39 is 0 Å². The highest BCUT2D eigenvalue weighted by Gasteiger charge is 2.13. The van der Waals surface area contributed by atoms with E-state index in [2.05, 4.69) is 10.3 Å². The Morgan fingerprint density at radius 2 is 1.93 bits per heavy atom. The van der Waals surface area contributed by atoms with Gasteiger partial charge in [0.25, 0.3) is 0 Å². The summed E-state index contributed by atoms with van der Waals surface area (Å²) in [7, 11) is 0. The van der Waals surface area contributed by atoms with Crippen molar-refractivity contribution in [3.05, 3.63) is 24.3 Å². The lowest BCUT2D eigenvalue weighted by atomic mass is 10.3. The molecule has 0 saturated carbocycles. The Balaban J connectivity index is 0.000000980. The van der Waals surface area contributed by atoms with Gasteiger partial charge in [-0.25, -0.2) is 4.39 Å². The van der Waals surface area contributed by atoms with Gasteiger partial charge in [-0.15, -0.1) is 24.8 Å². The number of rotatable bonds is 1. The molecule has 0 bridgehead atoms. The SMILES string of the molecule is Cl.Cl.Fc1ccncc1N1CCNCC1. The summed E-state index contributed by atoms with van der Waals surface area (Å²) >= 11 is 0. The zero-order valence-electron chi connectivity index (χ0n) is 8.15. The highest BCUT2D eigenvalue weighted by molar-refractivity contribution is 5.85. The van der Waals surface area contributed by atoms with Gasteiger partial charge in [-0.05, 0) is 6.07 Å². The maximum absolute atomic E-state index is 13.3. The third-order valence-corrected chi connectivity index (χ3v) is 2.21. The minimum absolute atomic E-state index is 0. The van der Waals surface area contributed by atoms with E-state index in [1.807, 2.05) is 4.90 Å². The van der Waals surface area contributed by atoms with Crippen LogP contribution in [0.2, 0.25) is 0 Å².